The van der Waals surface area contributed by atoms with Gasteiger partial charge in [-0.15, -0.1) is 10.2 Å². The molecule has 0 amide bonds. The van der Waals surface area contributed by atoms with E-state index in [1.54, 1.807) is 6.92 Å². The van der Waals surface area contributed by atoms with Crippen LogP contribution in [0.4, 0.5) is 0 Å². The zero-order valence-electron chi connectivity index (χ0n) is 10.1. The average Bonchev–Trinajstić information content (AvgIpc) is 2.67. The Bertz CT molecular complexity index is 589. The van der Waals surface area contributed by atoms with Gasteiger partial charge in [-0.2, -0.15) is 9.61 Å². The first-order valence-electron chi connectivity index (χ1n) is 5.51. The molecule has 0 radical (unpaired) electrons. The molecule has 0 aliphatic rings. The van der Waals surface area contributed by atoms with E-state index in [1.165, 1.54) is 4.52 Å². The van der Waals surface area contributed by atoms with Crippen molar-refractivity contribution in [1.29, 1.82) is 0 Å². The largest absolute Gasteiger partial charge is 0.476 e. The predicted molar refractivity (Wildman–Crippen MR) is 61.2 cm³/mol. The molecule has 2 rings (SSSR count). The fraction of sp³-hybridized carbons (Fsp3) is 0.455. The highest BCUT2D eigenvalue weighted by molar-refractivity contribution is 5.87. The lowest BCUT2D eigenvalue weighted by molar-refractivity contribution is 0.0687. The van der Waals surface area contributed by atoms with Gasteiger partial charge >= 0.3 is 5.97 Å². The summed E-state index contributed by atoms with van der Waals surface area (Å²) < 4.78 is 1.54. The Hall–Kier alpha value is -1.98. The van der Waals surface area contributed by atoms with Gasteiger partial charge in [-0.05, 0) is 25.8 Å². The maximum atomic E-state index is 11.1. The Kier molecular flexibility index (Phi) is 2.79. The zero-order chi connectivity index (χ0) is 12.6. The number of aromatic nitrogens is 4. The van der Waals surface area contributed by atoms with Crippen LogP contribution in [0.5, 0.6) is 0 Å². The van der Waals surface area contributed by atoms with Crippen molar-refractivity contribution in [3.63, 3.8) is 0 Å². The van der Waals surface area contributed by atoms with Gasteiger partial charge in [-0.25, -0.2) is 4.79 Å². The van der Waals surface area contributed by atoms with E-state index in [2.05, 4.69) is 15.3 Å². The first-order chi connectivity index (χ1) is 8.06. The van der Waals surface area contributed by atoms with E-state index < -0.39 is 5.97 Å². The molecule has 0 spiro atoms. The van der Waals surface area contributed by atoms with Crippen LogP contribution in [0.3, 0.4) is 0 Å². The summed E-state index contributed by atoms with van der Waals surface area (Å²) in [5.41, 5.74) is 2.15. The molecule has 6 nitrogen and oxygen atoms in total. The normalized spacial score (nSPS) is 11.0. The lowest BCUT2D eigenvalue weighted by atomic mass is 10.1. The van der Waals surface area contributed by atoms with Crippen LogP contribution in [0.2, 0.25) is 0 Å². The Balaban J connectivity index is 2.75. The number of fused-ring (bicyclic) bond motifs is 1. The average molecular weight is 234 g/mol. The summed E-state index contributed by atoms with van der Waals surface area (Å²) in [5, 5.41) is 21.3. The summed E-state index contributed by atoms with van der Waals surface area (Å²) in [5.74, 6) is -0.322. The van der Waals surface area contributed by atoms with Crippen molar-refractivity contribution in [2.24, 2.45) is 0 Å². The molecule has 0 aliphatic carbocycles. The fourth-order valence-electron chi connectivity index (χ4n) is 1.75. The van der Waals surface area contributed by atoms with Gasteiger partial charge < -0.3 is 5.11 Å². The molecule has 2 aromatic heterocycles. The number of nitrogens with zero attached hydrogens (tertiary/aromatic N) is 4. The second-order valence-electron chi connectivity index (χ2n) is 4.01. The van der Waals surface area contributed by atoms with Gasteiger partial charge in [0.15, 0.2) is 17.2 Å². The number of hydrogen-bond donors (Lipinski definition) is 1. The van der Waals surface area contributed by atoms with E-state index >= 15 is 0 Å². The number of carboxylic acids is 1. The Labute approximate surface area is 98.3 Å². The third-order valence-electron chi connectivity index (χ3n) is 2.83. The summed E-state index contributed by atoms with van der Waals surface area (Å²) in [4.78, 5) is 11.1. The minimum atomic E-state index is -1.02. The van der Waals surface area contributed by atoms with Crippen LogP contribution in [-0.2, 0) is 6.42 Å². The van der Waals surface area contributed by atoms with Crippen LogP contribution < -0.4 is 0 Å². The van der Waals surface area contributed by atoms with Crippen molar-refractivity contribution in [1.82, 2.24) is 19.8 Å². The summed E-state index contributed by atoms with van der Waals surface area (Å²) in [7, 11) is 0. The number of carboxylic acid groups (broad SMARTS) is 1. The van der Waals surface area contributed by atoms with Gasteiger partial charge in [-0.1, -0.05) is 6.92 Å². The first-order valence-corrected chi connectivity index (χ1v) is 5.51. The molecule has 2 heterocycles. The van der Waals surface area contributed by atoms with Crippen molar-refractivity contribution in [2.45, 2.75) is 33.6 Å². The van der Waals surface area contributed by atoms with Gasteiger partial charge in [0.25, 0.3) is 0 Å². The molecule has 2 aromatic rings. The van der Waals surface area contributed by atoms with E-state index in [9.17, 15) is 4.79 Å². The van der Waals surface area contributed by atoms with E-state index in [0.717, 1.165) is 18.4 Å². The van der Waals surface area contributed by atoms with Crippen molar-refractivity contribution in [3.8, 4) is 0 Å². The van der Waals surface area contributed by atoms with E-state index in [1.807, 2.05) is 13.8 Å². The Morgan fingerprint density at radius 1 is 1.29 bits per heavy atom. The molecule has 90 valence electrons. The number of aromatic carboxylic acids is 1. The second-order valence-corrected chi connectivity index (χ2v) is 4.01. The first kappa shape index (κ1) is 11.5. The highest BCUT2D eigenvalue weighted by Gasteiger charge is 2.17. The predicted octanol–water partition coefficient (Wildman–Crippen LogP) is 1.39. The molecule has 17 heavy (non-hydrogen) atoms. The quantitative estimate of drug-likeness (QED) is 0.868. The van der Waals surface area contributed by atoms with Crippen LogP contribution >= 0.6 is 0 Å². The van der Waals surface area contributed by atoms with Gasteiger partial charge in [0.1, 0.15) is 0 Å². The molecule has 0 saturated heterocycles. The molecule has 0 aromatic carbocycles. The molecular weight excluding hydrogens is 220 g/mol. The molecule has 6 heteroatoms. The summed E-state index contributed by atoms with van der Waals surface area (Å²) in [6.45, 7) is 5.60. The Morgan fingerprint density at radius 2 is 2.00 bits per heavy atom. The minimum absolute atomic E-state index is 0.0622. The third-order valence-corrected chi connectivity index (χ3v) is 2.83. The van der Waals surface area contributed by atoms with Crippen LogP contribution in [0.1, 0.15) is 40.8 Å². The highest BCUT2D eigenvalue weighted by atomic mass is 16.4. The molecule has 0 unspecified atom stereocenters. The summed E-state index contributed by atoms with van der Waals surface area (Å²) in [6, 6.07) is 0. The highest BCUT2D eigenvalue weighted by Crippen LogP contribution is 2.16. The molecule has 0 fully saturated rings. The standard InChI is InChI=1S/C11H14N4O2/c1-4-5-8-12-13-10-7(3)6(2)9(11(16)17)14-15(8)10/h4-5H2,1-3H3,(H,16,17). The number of hydrogen-bond acceptors (Lipinski definition) is 4. The van der Waals surface area contributed by atoms with E-state index in [0.29, 0.717) is 17.0 Å². The summed E-state index contributed by atoms with van der Waals surface area (Å²) in [6.07, 6.45) is 1.65. The molecular formula is C11H14N4O2. The van der Waals surface area contributed by atoms with Crippen LogP contribution in [0.25, 0.3) is 5.65 Å². The minimum Gasteiger partial charge on any atom is -0.476 e. The smallest absolute Gasteiger partial charge is 0.356 e. The fourth-order valence-corrected chi connectivity index (χ4v) is 1.75. The van der Waals surface area contributed by atoms with Gasteiger partial charge in [0, 0.05) is 12.0 Å². The third kappa shape index (κ3) is 1.75. The van der Waals surface area contributed by atoms with Crippen LogP contribution in [-0.4, -0.2) is 30.9 Å². The maximum Gasteiger partial charge on any atom is 0.356 e. The van der Waals surface area contributed by atoms with Crippen molar-refractivity contribution in [3.05, 3.63) is 22.6 Å². The van der Waals surface area contributed by atoms with Gasteiger partial charge in [0.2, 0.25) is 0 Å². The van der Waals surface area contributed by atoms with Gasteiger partial charge in [0.05, 0.1) is 0 Å². The number of aryl methyl sites for hydroxylation is 2. The molecule has 0 atom stereocenters. The summed E-state index contributed by atoms with van der Waals surface area (Å²) >= 11 is 0. The van der Waals surface area contributed by atoms with E-state index in [4.69, 9.17) is 5.11 Å². The SMILES string of the molecule is CCCc1nnc2c(C)c(C)c(C(=O)O)nn12. The molecule has 1 N–H and O–H groups in total. The van der Waals surface area contributed by atoms with Crippen LogP contribution in [0, 0.1) is 13.8 Å². The topological polar surface area (TPSA) is 80.4 Å². The lowest BCUT2D eigenvalue weighted by Crippen LogP contribution is -2.11. The molecule has 0 aliphatic heterocycles. The lowest BCUT2D eigenvalue weighted by Gasteiger charge is -2.06. The maximum absolute atomic E-state index is 11.1. The van der Waals surface area contributed by atoms with Crippen LogP contribution in [0.15, 0.2) is 0 Å². The van der Waals surface area contributed by atoms with Crippen molar-refractivity contribution < 1.29 is 9.90 Å². The second kappa shape index (κ2) is 4.12. The number of rotatable bonds is 3. The monoisotopic (exact) mass is 234 g/mol. The Morgan fingerprint density at radius 3 is 2.59 bits per heavy atom. The van der Waals surface area contributed by atoms with E-state index in [-0.39, 0.29) is 5.69 Å². The molecule has 0 saturated carbocycles. The van der Waals surface area contributed by atoms with Crippen molar-refractivity contribution >= 4 is 11.6 Å². The number of carbonyl (C=O) groups is 1. The van der Waals surface area contributed by atoms with Crippen molar-refractivity contribution in [2.75, 3.05) is 0 Å². The van der Waals surface area contributed by atoms with Gasteiger partial charge in [-0.3, -0.25) is 0 Å². The molecule has 0 bridgehead atoms. The zero-order valence-corrected chi connectivity index (χ0v) is 10.1.